The Hall–Kier alpha value is -0.910. The first-order valence-electron chi connectivity index (χ1n) is 5.53. The zero-order valence-electron chi connectivity index (χ0n) is 10.6. The van der Waals surface area contributed by atoms with Crippen LogP contribution in [0, 0.1) is 0 Å². The molecule has 94 valence electrons. The second kappa shape index (κ2) is 4.16. The highest BCUT2D eigenvalue weighted by atomic mass is 19.3. The minimum Gasteiger partial charge on any atom is -0.444 e. The summed E-state index contributed by atoms with van der Waals surface area (Å²) >= 11 is 0. The predicted octanol–water partition coefficient (Wildman–Crippen LogP) is 1.62. The van der Waals surface area contributed by atoms with Gasteiger partial charge in [0, 0.05) is 6.54 Å². The van der Waals surface area contributed by atoms with Gasteiger partial charge in [0.05, 0.1) is 7.92 Å². The summed E-state index contributed by atoms with van der Waals surface area (Å²) in [5.41, 5.74) is -0.763. The van der Waals surface area contributed by atoms with Crippen LogP contribution in [0.5, 0.6) is 0 Å². The number of hydrogen-bond acceptors (Lipinski definition) is 3. The van der Waals surface area contributed by atoms with Gasteiger partial charge in [-0.2, -0.15) is 0 Å². The molecule has 1 amide bonds. The molecule has 0 saturated carbocycles. The topological polar surface area (TPSA) is 49.8 Å². The minimum atomic E-state index is -3.65. The summed E-state index contributed by atoms with van der Waals surface area (Å²) in [7, 11) is 0. The number of hydrogen-bond donors (Lipinski definition) is 1. The molecule has 0 aliphatic carbocycles. The van der Waals surface area contributed by atoms with Crippen LogP contribution < -0.4 is 0 Å². The van der Waals surface area contributed by atoms with Gasteiger partial charge in [-0.25, -0.2) is 13.6 Å². The SMILES string of the molecule is [2H]C1(O)CCN(C(=O)OC(C)(C)C)CC1(F)F. The van der Waals surface area contributed by atoms with E-state index in [1.807, 2.05) is 0 Å². The third-order valence-electron chi connectivity index (χ3n) is 2.08. The standard InChI is InChI=1S/C10H17F2NO3/c1-9(2,3)16-8(15)13-5-4-7(14)10(11,12)6-13/h7,14H,4-6H2,1-3H3/i7D. The first kappa shape index (κ1) is 11.6. The van der Waals surface area contributed by atoms with E-state index in [0.717, 1.165) is 4.90 Å². The Bertz CT molecular complexity index is 315. The second-order valence-corrected chi connectivity index (χ2v) is 4.80. The van der Waals surface area contributed by atoms with E-state index in [2.05, 4.69) is 0 Å². The van der Waals surface area contributed by atoms with E-state index >= 15 is 0 Å². The van der Waals surface area contributed by atoms with Crippen molar-refractivity contribution in [3.05, 3.63) is 0 Å². The van der Waals surface area contributed by atoms with Crippen molar-refractivity contribution in [1.82, 2.24) is 4.90 Å². The van der Waals surface area contributed by atoms with Crippen LogP contribution in [0.25, 0.3) is 0 Å². The zero-order chi connectivity index (χ0) is 13.5. The molecule has 1 aliphatic heterocycles. The molecule has 6 heteroatoms. The molecule has 1 rings (SSSR count). The van der Waals surface area contributed by atoms with Crippen molar-refractivity contribution in [3.63, 3.8) is 0 Å². The number of piperidine rings is 1. The lowest BCUT2D eigenvalue weighted by molar-refractivity contribution is -0.147. The molecule has 1 heterocycles. The van der Waals surface area contributed by atoms with Crippen molar-refractivity contribution in [3.8, 4) is 0 Å². The maximum atomic E-state index is 13.3. The maximum Gasteiger partial charge on any atom is 0.410 e. The summed E-state index contributed by atoms with van der Waals surface area (Å²) in [6, 6.07) is 0. The molecule has 16 heavy (non-hydrogen) atoms. The Balaban J connectivity index is 2.69. The van der Waals surface area contributed by atoms with Crippen molar-refractivity contribution in [2.24, 2.45) is 0 Å². The molecule has 0 aromatic rings. The van der Waals surface area contributed by atoms with Crippen molar-refractivity contribution in [2.75, 3.05) is 13.1 Å². The van der Waals surface area contributed by atoms with E-state index in [9.17, 15) is 18.7 Å². The summed E-state index contributed by atoms with van der Waals surface area (Å²) in [6.07, 6.45) is -4.17. The van der Waals surface area contributed by atoms with Gasteiger partial charge in [-0.15, -0.1) is 0 Å². The number of rotatable bonds is 0. The van der Waals surface area contributed by atoms with Crippen molar-refractivity contribution >= 4 is 6.09 Å². The molecule has 1 N–H and O–H groups in total. The summed E-state index contributed by atoms with van der Waals surface area (Å²) in [5.74, 6) is -3.65. The summed E-state index contributed by atoms with van der Waals surface area (Å²) in [4.78, 5) is 12.4. The fourth-order valence-corrected chi connectivity index (χ4v) is 1.32. The van der Waals surface area contributed by atoms with Gasteiger partial charge in [-0.3, -0.25) is 0 Å². The van der Waals surface area contributed by atoms with Gasteiger partial charge in [0.25, 0.3) is 5.92 Å². The molecule has 1 saturated heterocycles. The van der Waals surface area contributed by atoms with Crippen LogP contribution in [-0.4, -0.2) is 46.8 Å². The molecular formula is C10H17F2NO3. The van der Waals surface area contributed by atoms with E-state index in [1.54, 1.807) is 20.8 Å². The average molecular weight is 238 g/mol. The number of ether oxygens (including phenoxy) is 1. The highest BCUT2D eigenvalue weighted by Crippen LogP contribution is 2.28. The molecule has 4 nitrogen and oxygen atoms in total. The fourth-order valence-electron chi connectivity index (χ4n) is 1.32. The van der Waals surface area contributed by atoms with Gasteiger partial charge in [-0.05, 0) is 27.2 Å². The summed E-state index contributed by atoms with van der Waals surface area (Å²) in [5, 5.41) is 9.17. The monoisotopic (exact) mass is 238 g/mol. The molecule has 0 aromatic carbocycles. The largest absolute Gasteiger partial charge is 0.444 e. The number of alkyl halides is 2. The van der Waals surface area contributed by atoms with E-state index in [1.165, 1.54) is 0 Å². The van der Waals surface area contributed by atoms with Gasteiger partial charge in [0.15, 0.2) is 0 Å². The smallest absolute Gasteiger partial charge is 0.410 e. The van der Waals surface area contributed by atoms with Crippen molar-refractivity contribution in [2.45, 2.75) is 44.8 Å². The lowest BCUT2D eigenvalue weighted by Gasteiger charge is -2.36. The van der Waals surface area contributed by atoms with Gasteiger partial charge >= 0.3 is 6.09 Å². The Morgan fingerprint density at radius 1 is 1.62 bits per heavy atom. The highest BCUT2D eigenvalue weighted by molar-refractivity contribution is 5.68. The van der Waals surface area contributed by atoms with Crippen LogP contribution in [0.1, 0.15) is 28.6 Å². The van der Waals surface area contributed by atoms with E-state index in [0.29, 0.717) is 0 Å². The number of carbonyl (C=O) groups excluding carboxylic acids is 1. The number of carbonyl (C=O) groups is 1. The maximum absolute atomic E-state index is 13.3. The van der Waals surface area contributed by atoms with Gasteiger partial charge < -0.3 is 14.7 Å². The second-order valence-electron chi connectivity index (χ2n) is 4.80. The lowest BCUT2D eigenvalue weighted by Crippen LogP contribution is -2.54. The van der Waals surface area contributed by atoms with E-state index in [4.69, 9.17) is 6.11 Å². The lowest BCUT2D eigenvalue weighted by atomic mass is 10.0. The molecule has 1 atom stereocenters. The Morgan fingerprint density at radius 3 is 2.62 bits per heavy atom. The van der Waals surface area contributed by atoms with Crippen LogP contribution in [0.2, 0.25) is 0 Å². The van der Waals surface area contributed by atoms with Crippen LogP contribution in [0.4, 0.5) is 13.6 Å². The normalized spacial score (nSPS) is 30.9. The number of amides is 1. The summed E-state index contributed by atoms with van der Waals surface area (Å²) in [6.45, 7) is 3.78. The molecular weight excluding hydrogens is 220 g/mol. The molecule has 0 radical (unpaired) electrons. The van der Waals surface area contributed by atoms with Crippen LogP contribution >= 0.6 is 0 Å². The quantitative estimate of drug-likeness (QED) is 0.697. The zero-order valence-corrected chi connectivity index (χ0v) is 9.59. The number of halogens is 2. The minimum absolute atomic E-state index is 0.121. The van der Waals surface area contributed by atoms with E-state index < -0.39 is 36.7 Å². The molecule has 0 aromatic heterocycles. The van der Waals surface area contributed by atoms with Gasteiger partial charge in [0.1, 0.15) is 11.7 Å². The Labute approximate surface area is 94.6 Å². The molecule has 1 fully saturated rings. The first-order valence-corrected chi connectivity index (χ1v) is 5.03. The van der Waals surface area contributed by atoms with Crippen LogP contribution in [-0.2, 0) is 4.74 Å². The van der Waals surface area contributed by atoms with Crippen LogP contribution in [0.3, 0.4) is 0 Å². The third kappa shape index (κ3) is 3.30. The highest BCUT2D eigenvalue weighted by Gasteiger charge is 2.45. The first-order chi connectivity index (χ1) is 7.45. The molecule has 1 aliphatic rings. The predicted molar refractivity (Wildman–Crippen MR) is 53.4 cm³/mol. The van der Waals surface area contributed by atoms with Crippen molar-refractivity contribution in [1.29, 1.82) is 0 Å². The number of likely N-dealkylation sites (tertiary alicyclic amines) is 1. The number of nitrogens with zero attached hydrogens (tertiary/aromatic N) is 1. The van der Waals surface area contributed by atoms with Crippen molar-refractivity contribution < 1.29 is 24.8 Å². The van der Waals surface area contributed by atoms with Crippen LogP contribution in [0.15, 0.2) is 0 Å². The fraction of sp³-hybridized carbons (Fsp3) is 0.900. The molecule has 0 spiro atoms. The third-order valence-corrected chi connectivity index (χ3v) is 2.08. The molecule has 1 unspecified atom stereocenters. The van der Waals surface area contributed by atoms with Gasteiger partial charge in [0.2, 0.25) is 0 Å². The Kier molecular flexibility index (Phi) is 3.01. The molecule has 0 bridgehead atoms. The van der Waals surface area contributed by atoms with E-state index in [-0.39, 0.29) is 6.54 Å². The average Bonchev–Trinajstić information content (AvgIpc) is 2.06. The summed E-state index contributed by atoms with van der Waals surface area (Å²) < 4.78 is 38.7. The Morgan fingerprint density at radius 2 is 2.19 bits per heavy atom. The number of aliphatic hydroxyl groups is 1. The van der Waals surface area contributed by atoms with Gasteiger partial charge in [-0.1, -0.05) is 0 Å².